The zero-order valence-corrected chi connectivity index (χ0v) is 27.9. The number of amides is 2. The molecule has 12 heteroatoms. The third kappa shape index (κ3) is 13.1. The predicted molar refractivity (Wildman–Crippen MR) is 182 cm³/mol. The Morgan fingerprint density at radius 3 is 1.86 bits per heavy atom. The molecule has 3 aromatic carbocycles. The molecular weight excluding hydrogens is 646 g/mol. The first-order chi connectivity index (χ1) is 21.0. The molecule has 4 atom stereocenters. The number of carbonyl (C=O) groups is 2. The molecule has 44 heavy (non-hydrogen) atoms. The van der Waals surface area contributed by atoms with Gasteiger partial charge >= 0.3 is 0 Å². The van der Waals surface area contributed by atoms with E-state index in [4.69, 9.17) is 46.4 Å². The van der Waals surface area contributed by atoms with E-state index in [0.29, 0.717) is 25.8 Å². The van der Waals surface area contributed by atoms with Gasteiger partial charge in [-0.1, -0.05) is 96.5 Å². The van der Waals surface area contributed by atoms with Gasteiger partial charge in [0.1, 0.15) is 12.1 Å². The van der Waals surface area contributed by atoms with Crippen LogP contribution in [0.25, 0.3) is 0 Å². The maximum Gasteiger partial charge on any atom is 0.242 e. The summed E-state index contributed by atoms with van der Waals surface area (Å²) < 4.78 is 0. The fraction of sp³-hybridized carbons (Fsp3) is 0.375. The van der Waals surface area contributed by atoms with E-state index in [9.17, 15) is 19.8 Å². The largest absolute Gasteiger partial charge is 0.394 e. The van der Waals surface area contributed by atoms with Crippen LogP contribution >= 0.6 is 46.4 Å². The molecule has 0 spiro atoms. The number of hydrogen-bond acceptors (Lipinski definition) is 6. The van der Waals surface area contributed by atoms with Crippen molar-refractivity contribution < 1.29 is 19.8 Å². The van der Waals surface area contributed by atoms with E-state index in [1.807, 2.05) is 30.3 Å². The van der Waals surface area contributed by atoms with Crippen LogP contribution in [0.2, 0.25) is 20.1 Å². The van der Waals surface area contributed by atoms with Crippen molar-refractivity contribution >= 4 is 69.6 Å². The maximum absolute atomic E-state index is 12.3. The Morgan fingerprint density at radius 1 is 0.727 bits per heavy atom. The van der Waals surface area contributed by atoms with E-state index < -0.39 is 18.1 Å². The van der Waals surface area contributed by atoms with Gasteiger partial charge in [-0.15, -0.1) is 0 Å². The van der Waals surface area contributed by atoms with Crippen molar-refractivity contribution in [1.29, 1.82) is 0 Å². The molecular formula is C32H40Cl4N4O4. The summed E-state index contributed by atoms with van der Waals surface area (Å²) in [7, 11) is 0. The Morgan fingerprint density at radius 2 is 1.32 bits per heavy atom. The molecule has 0 heterocycles. The summed E-state index contributed by atoms with van der Waals surface area (Å²) in [5.74, 6) is -0.389. The summed E-state index contributed by atoms with van der Waals surface area (Å²) in [5.41, 5.74) is 2.23. The molecule has 0 aliphatic carbocycles. The number of nitrogens with one attached hydrogen (secondary N) is 4. The normalized spacial score (nSPS) is 13.4. The summed E-state index contributed by atoms with van der Waals surface area (Å²) in [6.45, 7) is 5.33. The summed E-state index contributed by atoms with van der Waals surface area (Å²) >= 11 is 23.7. The quantitative estimate of drug-likeness (QED) is 0.108. The lowest BCUT2D eigenvalue weighted by atomic mass is 10.1. The molecule has 0 aliphatic rings. The van der Waals surface area contributed by atoms with Crippen molar-refractivity contribution in [3.8, 4) is 0 Å². The maximum atomic E-state index is 12.3. The summed E-state index contributed by atoms with van der Waals surface area (Å²) in [4.78, 5) is 24.4. The zero-order valence-electron chi connectivity index (χ0n) is 24.9. The number of carbonyl (C=O) groups excluding carboxylic acids is 2. The van der Waals surface area contributed by atoms with Crippen LogP contribution in [0.3, 0.4) is 0 Å². The van der Waals surface area contributed by atoms with E-state index in [1.165, 1.54) is 0 Å². The van der Waals surface area contributed by atoms with Crippen molar-refractivity contribution in [2.24, 2.45) is 0 Å². The molecule has 2 amide bonds. The fourth-order valence-electron chi connectivity index (χ4n) is 4.06. The second-order valence-electron chi connectivity index (χ2n) is 10.2. The van der Waals surface area contributed by atoms with E-state index in [0.717, 1.165) is 30.5 Å². The van der Waals surface area contributed by atoms with Gasteiger partial charge in [0.05, 0.1) is 35.3 Å². The van der Waals surface area contributed by atoms with Crippen molar-refractivity contribution in [3.05, 3.63) is 92.4 Å². The molecule has 0 bridgehead atoms. The third-order valence-corrected chi connectivity index (χ3v) is 7.68. The predicted octanol–water partition coefficient (Wildman–Crippen LogP) is 7.10. The fourth-order valence-corrected chi connectivity index (χ4v) is 4.88. The first-order valence-electron chi connectivity index (χ1n) is 14.3. The van der Waals surface area contributed by atoms with Gasteiger partial charge in [-0.05, 0) is 62.2 Å². The standard InChI is InChI=1S/C17H18Cl2N2O2.C15H22Cl2N2O2/c1-11(20-15-8-13(18)7-14(19)9-15)17(23)21-16(10-22)12-5-3-2-4-6-12;1-3-4-5-12(9-20)19-15(21)10(2)18-11-6-7-13(16)14(17)8-11/h2-9,11,16,20,22H,10H2,1H3,(H,21,23);6-8,10,12,18,20H,3-5,9H2,1-2H3,(H,19,21)/t11-,16?;10-,12?/m00/s1. The Hall–Kier alpha value is -2.72. The van der Waals surface area contributed by atoms with E-state index >= 15 is 0 Å². The Kier molecular flexibility index (Phi) is 16.7. The van der Waals surface area contributed by atoms with Crippen LogP contribution in [0.4, 0.5) is 11.4 Å². The van der Waals surface area contributed by atoms with Crippen LogP contribution in [0.1, 0.15) is 51.6 Å². The molecule has 240 valence electrons. The zero-order chi connectivity index (χ0) is 32.6. The van der Waals surface area contributed by atoms with E-state index in [2.05, 4.69) is 28.2 Å². The highest BCUT2D eigenvalue weighted by molar-refractivity contribution is 6.42. The summed E-state index contributed by atoms with van der Waals surface area (Å²) in [5, 5.41) is 32.4. The molecule has 3 rings (SSSR count). The monoisotopic (exact) mass is 684 g/mol. The number of unbranched alkanes of at least 4 members (excludes halogenated alkanes) is 1. The minimum Gasteiger partial charge on any atom is -0.394 e. The highest BCUT2D eigenvalue weighted by atomic mass is 35.5. The van der Waals surface area contributed by atoms with Crippen LogP contribution < -0.4 is 21.3 Å². The molecule has 6 N–H and O–H groups in total. The van der Waals surface area contributed by atoms with Gasteiger partial charge < -0.3 is 31.5 Å². The van der Waals surface area contributed by atoms with E-state index in [-0.39, 0.29) is 31.1 Å². The van der Waals surface area contributed by atoms with Gasteiger partial charge in [0, 0.05) is 21.4 Å². The minimum atomic E-state index is -0.512. The molecule has 0 saturated carbocycles. The topological polar surface area (TPSA) is 123 Å². The lowest BCUT2D eigenvalue weighted by Crippen LogP contribution is -2.44. The summed E-state index contributed by atoms with van der Waals surface area (Å²) in [6, 6.07) is 17.8. The summed E-state index contributed by atoms with van der Waals surface area (Å²) in [6.07, 6.45) is 2.78. The van der Waals surface area contributed by atoms with Gasteiger partial charge in [-0.2, -0.15) is 0 Å². The van der Waals surface area contributed by atoms with Crippen molar-refractivity contribution in [2.75, 3.05) is 23.8 Å². The third-order valence-electron chi connectivity index (χ3n) is 6.51. The van der Waals surface area contributed by atoms with Crippen LogP contribution in [0, 0.1) is 0 Å². The molecule has 0 fully saturated rings. The number of hydrogen-bond donors (Lipinski definition) is 6. The van der Waals surface area contributed by atoms with Crippen LogP contribution in [0.15, 0.2) is 66.7 Å². The smallest absolute Gasteiger partial charge is 0.242 e. The molecule has 0 aliphatic heterocycles. The second kappa shape index (κ2) is 19.6. The molecule has 0 aromatic heterocycles. The first-order valence-corrected chi connectivity index (χ1v) is 15.8. The number of aliphatic hydroxyl groups is 2. The Bertz CT molecular complexity index is 1310. The number of rotatable bonds is 14. The highest BCUT2D eigenvalue weighted by Crippen LogP contribution is 2.25. The van der Waals surface area contributed by atoms with Gasteiger partial charge in [0.25, 0.3) is 0 Å². The van der Waals surface area contributed by atoms with Crippen molar-refractivity contribution in [1.82, 2.24) is 10.6 Å². The lowest BCUT2D eigenvalue weighted by Gasteiger charge is -2.21. The number of aliphatic hydroxyl groups excluding tert-OH is 2. The SMILES string of the molecule is CCCCC(CO)NC(=O)[C@H](C)Nc1ccc(Cl)c(Cl)c1.C[C@H](Nc1cc(Cl)cc(Cl)c1)C(=O)NC(CO)c1ccccc1. The van der Waals surface area contributed by atoms with Gasteiger partial charge in [-0.3, -0.25) is 9.59 Å². The molecule has 0 radical (unpaired) electrons. The molecule has 2 unspecified atom stereocenters. The van der Waals surface area contributed by atoms with Gasteiger partial charge in [0.2, 0.25) is 11.8 Å². The molecule has 8 nitrogen and oxygen atoms in total. The lowest BCUT2D eigenvalue weighted by molar-refractivity contribution is -0.123. The number of anilines is 2. The molecule has 3 aromatic rings. The van der Waals surface area contributed by atoms with Crippen LogP contribution in [-0.4, -0.2) is 53.4 Å². The van der Waals surface area contributed by atoms with Crippen molar-refractivity contribution in [3.63, 3.8) is 0 Å². The minimum absolute atomic E-state index is 0.0504. The second-order valence-corrected chi connectivity index (χ2v) is 11.9. The molecule has 0 saturated heterocycles. The average molecular weight is 687 g/mol. The number of benzene rings is 3. The van der Waals surface area contributed by atoms with Gasteiger partial charge in [0.15, 0.2) is 0 Å². The van der Waals surface area contributed by atoms with Gasteiger partial charge in [-0.25, -0.2) is 0 Å². The van der Waals surface area contributed by atoms with Crippen LogP contribution in [-0.2, 0) is 9.59 Å². The number of halogens is 4. The van der Waals surface area contributed by atoms with Crippen LogP contribution in [0.5, 0.6) is 0 Å². The Labute approximate surface area is 279 Å². The van der Waals surface area contributed by atoms with E-state index in [1.54, 1.807) is 50.2 Å². The van der Waals surface area contributed by atoms with Crippen molar-refractivity contribution in [2.45, 2.75) is 64.2 Å². The highest BCUT2D eigenvalue weighted by Gasteiger charge is 2.19. The Balaban J connectivity index is 0.000000308. The average Bonchev–Trinajstić information content (AvgIpc) is 2.99. The first kappa shape index (κ1) is 37.5.